The largest absolute Gasteiger partial charge is 0.399 e. The predicted molar refractivity (Wildman–Crippen MR) is 126 cm³/mol. The molecule has 148 valence electrons. The summed E-state index contributed by atoms with van der Waals surface area (Å²) in [6.07, 6.45) is 4.12. The first-order valence-electron chi connectivity index (χ1n) is 9.81. The van der Waals surface area contributed by atoms with Crippen molar-refractivity contribution in [3.63, 3.8) is 0 Å². The van der Waals surface area contributed by atoms with E-state index in [-0.39, 0.29) is 0 Å². The van der Waals surface area contributed by atoms with Crippen molar-refractivity contribution in [1.29, 1.82) is 0 Å². The molecule has 0 saturated carbocycles. The maximum Gasteiger partial charge on any atom is 0.106 e. The minimum atomic E-state index is 0.840. The number of hydrogen-bond acceptors (Lipinski definition) is 4. The van der Waals surface area contributed by atoms with Crippen LogP contribution in [0.3, 0.4) is 0 Å². The molecule has 0 fully saturated rings. The minimum Gasteiger partial charge on any atom is -0.399 e. The molecule has 0 aliphatic heterocycles. The zero-order valence-corrected chi connectivity index (χ0v) is 17.0. The molecule has 4 heteroatoms. The molecule has 1 heterocycles. The second-order valence-corrected chi connectivity index (χ2v) is 6.92. The fourth-order valence-electron chi connectivity index (χ4n) is 3.27. The number of hydrogen-bond donors (Lipinski definition) is 1. The Hall–Kier alpha value is -3.92. The molecule has 3 aromatic carbocycles. The van der Waals surface area contributed by atoms with Crippen molar-refractivity contribution in [3.05, 3.63) is 102 Å². The van der Waals surface area contributed by atoms with Gasteiger partial charge in [-0.3, -0.25) is 0 Å². The van der Waals surface area contributed by atoms with Gasteiger partial charge in [-0.2, -0.15) is 0 Å². The quantitative estimate of drug-likeness (QED) is 0.300. The van der Waals surface area contributed by atoms with E-state index in [0.29, 0.717) is 0 Å². The standard InChI is InChI=1S/C26H23N3O/c1-19(29-30-2)21-13-16-22(17-14-21)27-26-18-23(15-12-20-8-4-3-5-9-20)28-25-11-7-6-10-24(25)26/h3-18H,1-2H3,(H,27,28)/b15-12+,29-19-. The first-order valence-corrected chi connectivity index (χ1v) is 9.81. The van der Waals surface area contributed by atoms with Crippen LogP contribution in [0.25, 0.3) is 23.1 Å². The molecular weight excluding hydrogens is 370 g/mol. The highest BCUT2D eigenvalue weighted by Crippen LogP contribution is 2.27. The summed E-state index contributed by atoms with van der Waals surface area (Å²) in [4.78, 5) is 9.65. The summed E-state index contributed by atoms with van der Waals surface area (Å²) < 4.78 is 0. The summed E-state index contributed by atoms with van der Waals surface area (Å²) in [7, 11) is 1.55. The minimum absolute atomic E-state index is 0.840. The molecule has 0 aliphatic carbocycles. The number of anilines is 2. The maximum absolute atomic E-state index is 4.86. The number of nitrogens with one attached hydrogen (secondary N) is 1. The van der Waals surface area contributed by atoms with Crippen LogP contribution in [0.5, 0.6) is 0 Å². The Kier molecular flexibility index (Phi) is 5.85. The number of aromatic nitrogens is 1. The van der Waals surface area contributed by atoms with Gasteiger partial charge in [-0.1, -0.05) is 71.9 Å². The van der Waals surface area contributed by atoms with E-state index in [1.54, 1.807) is 7.11 Å². The first-order chi connectivity index (χ1) is 14.7. The van der Waals surface area contributed by atoms with Gasteiger partial charge in [-0.15, -0.1) is 0 Å². The summed E-state index contributed by atoms with van der Waals surface area (Å²) >= 11 is 0. The first kappa shape index (κ1) is 19.4. The van der Waals surface area contributed by atoms with Crippen LogP contribution < -0.4 is 5.32 Å². The molecule has 4 nitrogen and oxygen atoms in total. The zero-order valence-electron chi connectivity index (χ0n) is 17.0. The third-order valence-electron chi connectivity index (χ3n) is 4.79. The van der Waals surface area contributed by atoms with Crippen molar-refractivity contribution in [2.75, 3.05) is 12.4 Å². The highest BCUT2D eigenvalue weighted by Gasteiger charge is 2.06. The van der Waals surface area contributed by atoms with Gasteiger partial charge >= 0.3 is 0 Å². The molecule has 0 unspecified atom stereocenters. The van der Waals surface area contributed by atoms with Crippen molar-refractivity contribution in [3.8, 4) is 0 Å². The second kappa shape index (κ2) is 9.05. The van der Waals surface area contributed by atoms with Gasteiger partial charge in [0, 0.05) is 11.1 Å². The number of oxime groups is 1. The van der Waals surface area contributed by atoms with Crippen LogP contribution in [0.15, 0.2) is 90.1 Å². The van der Waals surface area contributed by atoms with Gasteiger partial charge in [0.25, 0.3) is 0 Å². The Bertz CT molecular complexity index is 1200. The lowest BCUT2D eigenvalue weighted by molar-refractivity contribution is 0.213. The molecule has 1 N–H and O–H groups in total. The van der Waals surface area contributed by atoms with Crippen LogP contribution in [0.2, 0.25) is 0 Å². The summed E-state index contributed by atoms with van der Waals surface area (Å²) in [6.45, 7) is 1.92. The molecule has 30 heavy (non-hydrogen) atoms. The van der Waals surface area contributed by atoms with E-state index in [1.165, 1.54) is 0 Å². The van der Waals surface area contributed by atoms with E-state index < -0.39 is 0 Å². The maximum atomic E-state index is 4.86. The molecule has 0 spiro atoms. The highest BCUT2D eigenvalue weighted by atomic mass is 16.6. The van der Waals surface area contributed by atoms with Crippen LogP contribution in [0.1, 0.15) is 23.7 Å². The average Bonchev–Trinajstić information content (AvgIpc) is 2.79. The van der Waals surface area contributed by atoms with Crippen LogP contribution in [0.4, 0.5) is 11.4 Å². The molecule has 0 aliphatic rings. The Morgan fingerprint density at radius 3 is 2.40 bits per heavy atom. The van der Waals surface area contributed by atoms with Crippen LogP contribution in [0, 0.1) is 0 Å². The van der Waals surface area contributed by atoms with Crippen molar-refractivity contribution < 1.29 is 4.84 Å². The lowest BCUT2D eigenvalue weighted by Crippen LogP contribution is -1.97. The summed E-state index contributed by atoms with van der Waals surface area (Å²) in [5.74, 6) is 0. The van der Waals surface area contributed by atoms with E-state index in [9.17, 15) is 0 Å². The number of rotatable bonds is 6. The normalized spacial score (nSPS) is 11.7. The third kappa shape index (κ3) is 4.55. The number of para-hydroxylation sites is 1. The van der Waals surface area contributed by atoms with Crippen molar-refractivity contribution in [2.45, 2.75) is 6.92 Å². The third-order valence-corrected chi connectivity index (χ3v) is 4.79. The van der Waals surface area contributed by atoms with Gasteiger partial charge in [0.05, 0.1) is 22.6 Å². The molecule has 0 atom stereocenters. The fraction of sp³-hybridized carbons (Fsp3) is 0.0769. The van der Waals surface area contributed by atoms with Crippen LogP contribution in [-0.4, -0.2) is 17.8 Å². The lowest BCUT2D eigenvalue weighted by Gasteiger charge is -2.11. The number of benzene rings is 3. The van der Waals surface area contributed by atoms with Gasteiger partial charge in [0.1, 0.15) is 7.11 Å². The van der Waals surface area contributed by atoms with Gasteiger partial charge in [-0.05, 0) is 48.4 Å². The molecule has 0 radical (unpaired) electrons. The van der Waals surface area contributed by atoms with E-state index in [2.05, 4.69) is 40.8 Å². The van der Waals surface area contributed by atoms with E-state index >= 15 is 0 Å². The average molecular weight is 393 g/mol. The van der Waals surface area contributed by atoms with Crippen molar-refractivity contribution in [2.24, 2.45) is 5.16 Å². The molecule has 0 saturated heterocycles. The Morgan fingerprint density at radius 2 is 1.63 bits per heavy atom. The molecule has 4 aromatic rings. The summed E-state index contributed by atoms with van der Waals surface area (Å²) in [6, 6.07) is 28.6. The van der Waals surface area contributed by atoms with E-state index in [0.717, 1.165) is 44.8 Å². The predicted octanol–water partition coefficient (Wildman–Crippen LogP) is 6.52. The summed E-state index contributed by atoms with van der Waals surface area (Å²) in [5.41, 5.74) is 6.88. The topological polar surface area (TPSA) is 46.5 Å². The van der Waals surface area contributed by atoms with E-state index in [4.69, 9.17) is 9.82 Å². The van der Waals surface area contributed by atoms with Crippen molar-refractivity contribution in [1.82, 2.24) is 4.98 Å². The van der Waals surface area contributed by atoms with Gasteiger partial charge in [0.2, 0.25) is 0 Å². The van der Waals surface area contributed by atoms with Crippen molar-refractivity contribution >= 4 is 40.1 Å². The molecule has 0 bridgehead atoms. The number of pyridine rings is 1. The monoisotopic (exact) mass is 393 g/mol. The Labute approximate surface area is 176 Å². The number of fused-ring (bicyclic) bond motifs is 1. The SMILES string of the molecule is CO/N=C(/C)c1ccc(Nc2cc(/C=C/c3ccccc3)nc3ccccc23)cc1. The second-order valence-electron chi connectivity index (χ2n) is 6.92. The zero-order chi connectivity index (χ0) is 20.8. The number of nitrogens with zero attached hydrogens (tertiary/aromatic N) is 2. The molecule has 1 aromatic heterocycles. The van der Waals surface area contributed by atoms with Gasteiger partial charge in [-0.25, -0.2) is 4.98 Å². The smallest absolute Gasteiger partial charge is 0.106 e. The Balaban J connectivity index is 1.66. The molecule has 0 amide bonds. The molecular formula is C26H23N3O. The molecule has 4 rings (SSSR count). The highest BCUT2D eigenvalue weighted by molar-refractivity contribution is 5.99. The lowest BCUT2D eigenvalue weighted by atomic mass is 10.1. The van der Waals surface area contributed by atoms with Gasteiger partial charge < -0.3 is 10.2 Å². The van der Waals surface area contributed by atoms with Crippen LogP contribution >= 0.6 is 0 Å². The van der Waals surface area contributed by atoms with Gasteiger partial charge in [0.15, 0.2) is 0 Å². The van der Waals surface area contributed by atoms with E-state index in [1.807, 2.05) is 73.7 Å². The van der Waals surface area contributed by atoms with Crippen LogP contribution in [-0.2, 0) is 4.84 Å². The fourth-order valence-corrected chi connectivity index (χ4v) is 3.27. The Morgan fingerprint density at radius 1 is 0.900 bits per heavy atom. The summed E-state index contributed by atoms with van der Waals surface area (Å²) in [5, 5.41) is 8.60.